The van der Waals surface area contributed by atoms with Crippen LogP contribution >= 0.6 is 0 Å². The number of ether oxygens (including phenoxy) is 1. The van der Waals surface area contributed by atoms with E-state index in [1.807, 2.05) is 6.08 Å². The molecule has 50 valence electrons. The fourth-order valence-electron chi connectivity index (χ4n) is 0.875. The lowest BCUT2D eigenvalue weighted by atomic mass is 10.0. The molecule has 0 aromatic rings. The molecule has 0 aliphatic carbocycles. The smallest absolute Gasteiger partial charge is 0.0807 e. The Morgan fingerprint density at radius 1 is 1.78 bits per heavy atom. The molecule has 1 fully saturated rings. The van der Waals surface area contributed by atoms with Gasteiger partial charge in [-0.05, 0) is 12.0 Å². The van der Waals surface area contributed by atoms with Crippen LogP contribution in [0.4, 0.5) is 0 Å². The summed E-state index contributed by atoms with van der Waals surface area (Å²) in [6.07, 6.45) is 4.24. The Bertz CT molecular complexity index is 123. The molecule has 0 amide bonds. The van der Waals surface area contributed by atoms with Crippen molar-refractivity contribution in [1.29, 1.82) is 0 Å². The number of hydrogen-bond donors (Lipinski definition) is 0. The van der Waals surface area contributed by atoms with Gasteiger partial charge in [-0.2, -0.15) is 0 Å². The molecular weight excluding hydrogens is 112 g/mol. The first-order valence-corrected chi connectivity index (χ1v) is 3.24. The summed E-state index contributed by atoms with van der Waals surface area (Å²) >= 11 is 0. The van der Waals surface area contributed by atoms with Crippen molar-refractivity contribution in [2.24, 2.45) is 0 Å². The summed E-state index contributed by atoms with van der Waals surface area (Å²) in [7, 11) is 0. The Hall–Kier alpha value is -0.560. The Morgan fingerprint density at radius 3 is 2.78 bits per heavy atom. The second-order valence-electron chi connectivity index (χ2n) is 2.30. The van der Waals surface area contributed by atoms with E-state index in [9.17, 15) is 0 Å². The van der Waals surface area contributed by atoms with Gasteiger partial charge in [-0.25, -0.2) is 0 Å². The molecule has 0 radical (unpaired) electrons. The zero-order valence-corrected chi connectivity index (χ0v) is 5.60. The Kier molecular flexibility index (Phi) is 2.06. The first-order chi connectivity index (χ1) is 4.34. The molecule has 9 heavy (non-hydrogen) atoms. The summed E-state index contributed by atoms with van der Waals surface area (Å²) in [6.45, 7) is 8.40. The van der Waals surface area contributed by atoms with Crippen molar-refractivity contribution >= 4 is 0 Å². The Labute approximate surface area is 56.0 Å². The largest absolute Gasteiger partial charge is 0.374 e. The molecule has 1 heteroatoms. The SMILES string of the molecule is C=CCC(=C)C1CCO1. The van der Waals surface area contributed by atoms with Gasteiger partial charge in [-0.3, -0.25) is 0 Å². The van der Waals surface area contributed by atoms with E-state index in [1.54, 1.807) is 0 Å². The zero-order chi connectivity index (χ0) is 6.69. The van der Waals surface area contributed by atoms with Crippen LogP contribution in [-0.2, 0) is 4.74 Å². The highest BCUT2D eigenvalue weighted by atomic mass is 16.5. The molecule has 1 atom stereocenters. The minimum atomic E-state index is 0.336. The lowest BCUT2D eigenvalue weighted by Crippen LogP contribution is -2.27. The van der Waals surface area contributed by atoms with Crippen molar-refractivity contribution in [2.75, 3.05) is 6.61 Å². The summed E-state index contributed by atoms with van der Waals surface area (Å²) in [4.78, 5) is 0. The molecule has 0 saturated carbocycles. The monoisotopic (exact) mass is 124 g/mol. The van der Waals surface area contributed by atoms with E-state index in [0.717, 1.165) is 25.0 Å². The van der Waals surface area contributed by atoms with E-state index >= 15 is 0 Å². The van der Waals surface area contributed by atoms with E-state index in [0.29, 0.717) is 6.10 Å². The summed E-state index contributed by atoms with van der Waals surface area (Å²) in [6, 6.07) is 0. The lowest BCUT2D eigenvalue weighted by Gasteiger charge is -2.27. The van der Waals surface area contributed by atoms with Gasteiger partial charge in [0.2, 0.25) is 0 Å². The minimum Gasteiger partial charge on any atom is -0.374 e. The van der Waals surface area contributed by atoms with Gasteiger partial charge in [0.25, 0.3) is 0 Å². The fraction of sp³-hybridized carbons (Fsp3) is 0.500. The van der Waals surface area contributed by atoms with Gasteiger partial charge >= 0.3 is 0 Å². The summed E-state index contributed by atoms with van der Waals surface area (Å²) < 4.78 is 5.20. The summed E-state index contributed by atoms with van der Waals surface area (Å²) in [5, 5.41) is 0. The summed E-state index contributed by atoms with van der Waals surface area (Å²) in [5.74, 6) is 0. The molecule has 1 saturated heterocycles. The molecule has 0 aromatic carbocycles. The number of rotatable bonds is 3. The summed E-state index contributed by atoms with van der Waals surface area (Å²) in [5.41, 5.74) is 1.16. The molecular formula is C8H12O. The van der Waals surface area contributed by atoms with E-state index in [1.165, 1.54) is 0 Å². The predicted octanol–water partition coefficient (Wildman–Crippen LogP) is 1.91. The first-order valence-electron chi connectivity index (χ1n) is 3.24. The van der Waals surface area contributed by atoms with Crippen LogP contribution in [0.5, 0.6) is 0 Å². The maximum atomic E-state index is 5.20. The van der Waals surface area contributed by atoms with E-state index in [2.05, 4.69) is 13.2 Å². The minimum absolute atomic E-state index is 0.336. The van der Waals surface area contributed by atoms with Crippen LogP contribution in [-0.4, -0.2) is 12.7 Å². The van der Waals surface area contributed by atoms with Gasteiger partial charge < -0.3 is 4.74 Å². The van der Waals surface area contributed by atoms with E-state index < -0.39 is 0 Å². The predicted molar refractivity (Wildman–Crippen MR) is 38.3 cm³/mol. The van der Waals surface area contributed by atoms with Gasteiger partial charge in [-0.15, -0.1) is 6.58 Å². The Balaban J connectivity index is 2.23. The molecule has 1 rings (SSSR count). The average molecular weight is 124 g/mol. The fourth-order valence-corrected chi connectivity index (χ4v) is 0.875. The van der Waals surface area contributed by atoms with Crippen LogP contribution in [0.15, 0.2) is 24.8 Å². The maximum absolute atomic E-state index is 5.20. The molecule has 1 aliphatic rings. The molecule has 0 N–H and O–H groups in total. The van der Waals surface area contributed by atoms with Crippen molar-refractivity contribution in [2.45, 2.75) is 18.9 Å². The van der Waals surface area contributed by atoms with Gasteiger partial charge in [0.1, 0.15) is 0 Å². The standard InChI is InChI=1S/C8H12O/c1-3-4-7(2)8-5-6-9-8/h3,8H,1-2,4-6H2. The van der Waals surface area contributed by atoms with Crippen LogP contribution in [0.3, 0.4) is 0 Å². The van der Waals surface area contributed by atoms with Crippen molar-refractivity contribution in [1.82, 2.24) is 0 Å². The highest BCUT2D eigenvalue weighted by molar-refractivity contribution is 5.08. The van der Waals surface area contributed by atoms with Crippen LogP contribution in [0.25, 0.3) is 0 Å². The highest BCUT2D eigenvalue weighted by Crippen LogP contribution is 2.20. The number of allylic oxidation sites excluding steroid dienone is 1. The van der Waals surface area contributed by atoms with Crippen molar-refractivity contribution < 1.29 is 4.74 Å². The average Bonchev–Trinajstić information content (AvgIpc) is 1.60. The maximum Gasteiger partial charge on any atom is 0.0807 e. The van der Waals surface area contributed by atoms with Crippen molar-refractivity contribution in [3.8, 4) is 0 Å². The first kappa shape index (κ1) is 6.56. The third-order valence-electron chi connectivity index (χ3n) is 1.56. The quantitative estimate of drug-likeness (QED) is 0.522. The third kappa shape index (κ3) is 1.42. The highest BCUT2D eigenvalue weighted by Gasteiger charge is 2.19. The van der Waals surface area contributed by atoms with Crippen molar-refractivity contribution in [3.05, 3.63) is 24.8 Å². The number of hydrogen-bond acceptors (Lipinski definition) is 1. The molecule has 1 heterocycles. The molecule has 1 unspecified atom stereocenters. The second-order valence-corrected chi connectivity index (χ2v) is 2.30. The normalized spacial score (nSPS) is 24.7. The van der Waals surface area contributed by atoms with Crippen molar-refractivity contribution in [3.63, 3.8) is 0 Å². The molecule has 1 nitrogen and oxygen atoms in total. The topological polar surface area (TPSA) is 9.23 Å². The van der Waals surface area contributed by atoms with E-state index in [-0.39, 0.29) is 0 Å². The van der Waals surface area contributed by atoms with Crippen LogP contribution in [0.2, 0.25) is 0 Å². The van der Waals surface area contributed by atoms with Crippen LogP contribution in [0.1, 0.15) is 12.8 Å². The van der Waals surface area contributed by atoms with Gasteiger partial charge in [-0.1, -0.05) is 12.7 Å². The second kappa shape index (κ2) is 2.83. The molecule has 0 aromatic heterocycles. The molecule has 1 aliphatic heterocycles. The van der Waals surface area contributed by atoms with Crippen LogP contribution in [0, 0.1) is 0 Å². The van der Waals surface area contributed by atoms with Gasteiger partial charge in [0.05, 0.1) is 12.7 Å². The van der Waals surface area contributed by atoms with Gasteiger partial charge in [0.15, 0.2) is 0 Å². The zero-order valence-electron chi connectivity index (χ0n) is 5.60. The van der Waals surface area contributed by atoms with Crippen LogP contribution < -0.4 is 0 Å². The molecule has 0 bridgehead atoms. The molecule has 0 spiro atoms. The van der Waals surface area contributed by atoms with Gasteiger partial charge in [0, 0.05) is 6.42 Å². The third-order valence-corrected chi connectivity index (χ3v) is 1.56. The lowest BCUT2D eigenvalue weighted by molar-refractivity contribution is -0.0267. The Morgan fingerprint density at radius 2 is 2.44 bits per heavy atom. The van der Waals surface area contributed by atoms with E-state index in [4.69, 9.17) is 4.74 Å².